The van der Waals surface area contributed by atoms with Crippen LogP contribution in [-0.4, -0.2) is 71.5 Å². The molecular weight excluding hydrogens is 644 g/mol. The molecule has 4 aliphatic rings. The number of benzene rings is 2. The monoisotopic (exact) mass is 682 g/mol. The standard InChI is InChI=1S/C36H38N6O6S/c1-42-17-7-3-2-4-8-24-20-36(24,35(45)41-49(46,47)26-15-16-26)40-32(43)28-18-25(19-29(28)34(42)44)48-33-27-9-5-6-10-30(27)38-31(39-33)23-13-11-22(21-37)12-14-23/h4-6,8-14,24-26,28-29H,2-3,7,15-20H2,1H3,(H,40,43)(H,41,45)/t24-,25-,28-,29-,36-/m1/s1. The fraction of sp³-hybridized carbons (Fsp3) is 0.444. The van der Waals surface area contributed by atoms with Crippen molar-refractivity contribution in [1.29, 1.82) is 5.26 Å². The van der Waals surface area contributed by atoms with Crippen molar-refractivity contribution in [3.8, 4) is 23.3 Å². The highest BCUT2D eigenvalue weighted by Gasteiger charge is 2.62. The molecule has 3 aromatic rings. The second-order valence-electron chi connectivity index (χ2n) is 13.6. The molecule has 2 N–H and O–H groups in total. The minimum Gasteiger partial charge on any atom is -0.474 e. The average molecular weight is 683 g/mol. The lowest BCUT2D eigenvalue weighted by atomic mass is 9.93. The lowest BCUT2D eigenvalue weighted by molar-refractivity contribution is -0.140. The number of hydrogen-bond acceptors (Lipinski definition) is 9. The Balaban J connectivity index is 1.18. The van der Waals surface area contributed by atoms with E-state index in [1.165, 1.54) is 0 Å². The van der Waals surface area contributed by atoms with Crippen molar-refractivity contribution in [3.63, 3.8) is 0 Å². The smallest absolute Gasteiger partial charge is 0.259 e. The molecule has 3 amide bonds. The van der Waals surface area contributed by atoms with Gasteiger partial charge in [0.2, 0.25) is 27.7 Å². The number of allylic oxidation sites excluding steroid dienone is 1. The van der Waals surface area contributed by atoms with Crippen molar-refractivity contribution in [2.45, 2.75) is 68.3 Å². The number of rotatable bonds is 6. The van der Waals surface area contributed by atoms with Gasteiger partial charge in [-0.1, -0.05) is 24.3 Å². The summed E-state index contributed by atoms with van der Waals surface area (Å²) in [6.07, 6.45) is 7.39. The maximum Gasteiger partial charge on any atom is 0.259 e. The fourth-order valence-electron chi connectivity index (χ4n) is 7.01. The maximum atomic E-state index is 14.1. The second kappa shape index (κ2) is 12.9. The molecule has 0 spiro atoms. The molecule has 3 saturated carbocycles. The van der Waals surface area contributed by atoms with Crippen LogP contribution in [0.3, 0.4) is 0 Å². The SMILES string of the molecule is CN1CCCCC=C[C@@H]2C[C@@]2(C(=O)NS(=O)(=O)C2CC2)NC(=O)[C@@H]2C[C@@H](Oc3nc(-c4ccc(C#N)cc4)nc4ccccc34)C[C@H]2C1=O. The Kier molecular flexibility index (Phi) is 8.60. The van der Waals surface area contributed by atoms with E-state index in [0.717, 1.165) is 19.3 Å². The van der Waals surface area contributed by atoms with E-state index in [4.69, 9.17) is 14.7 Å². The molecule has 49 heavy (non-hydrogen) atoms. The molecule has 0 bridgehead atoms. The summed E-state index contributed by atoms with van der Waals surface area (Å²) in [5, 5.41) is 12.2. The molecule has 13 heteroatoms. The summed E-state index contributed by atoms with van der Waals surface area (Å²) < 4.78 is 34.2. The number of carbonyl (C=O) groups is 3. The van der Waals surface area contributed by atoms with E-state index in [0.29, 0.717) is 53.1 Å². The first-order valence-electron chi connectivity index (χ1n) is 16.8. The lowest BCUT2D eigenvalue weighted by Crippen LogP contribution is -2.54. The van der Waals surface area contributed by atoms with Crippen LogP contribution in [0.2, 0.25) is 0 Å². The predicted octanol–water partition coefficient (Wildman–Crippen LogP) is 3.62. The highest BCUT2D eigenvalue weighted by molar-refractivity contribution is 7.91. The number of fused-ring (bicyclic) bond motifs is 3. The molecule has 2 aromatic carbocycles. The summed E-state index contributed by atoms with van der Waals surface area (Å²) >= 11 is 0. The van der Waals surface area contributed by atoms with E-state index in [-0.39, 0.29) is 31.1 Å². The largest absolute Gasteiger partial charge is 0.474 e. The Bertz CT molecular complexity index is 1990. The molecule has 7 rings (SSSR count). The summed E-state index contributed by atoms with van der Waals surface area (Å²) in [6.45, 7) is 0.544. The van der Waals surface area contributed by atoms with Crippen molar-refractivity contribution in [3.05, 3.63) is 66.2 Å². The van der Waals surface area contributed by atoms with E-state index < -0.39 is 50.6 Å². The maximum absolute atomic E-state index is 14.1. The van der Waals surface area contributed by atoms with Crippen molar-refractivity contribution in [1.82, 2.24) is 24.9 Å². The Hall–Kier alpha value is -4.83. The Morgan fingerprint density at radius 2 is 1.82 bits per heavy atom. The molecule has 0 saturated heterocycles. The molecule has 3 aliphatic carbocycles. The topological polar surface area (TPSA) is 171 Å². The first-order valence-corrected chi connectivity index (χ1v) is 18.4. The number of carbonyl (C=O) groups excluding carboxylic acids is 3. The normalized spacial score (nSPS) is 27.3. The van der Waals surface area contributed by atoms with Crippen LogP contribution in [0.4, 0.5) is 0 Å². The van der Waals surface area contributed by atoms with E-state index in [1.807, 2.05) is 36.4 Å². The summed E-state index contributed by atoms with van der Waals surface area (Å²) in [6, 6.07) is 16.4. The Morgan fingerprint density at radius 3 is 2.57 bits per heavy atom. The Labute approximate surface area is 285 Å². The van der Waals surface area contributed by atoms with Gasteiger partial charge in [0.05, 0.1) is 39.6 Å². The number of nitriles is 1. The minimum atomic E-state index is -3.83. The van der Waals surface area contributed by atoms with Gasteiger partial charge < -0.3 is 15.0 Å². The number of nitrogens with one attached hydrogen (secondary N) is 2. The zero-order valence-corrected chi connectivity index (χ0v) is 28.0. The van der Waals surface area contributed by atoms with Crippen LogP contribution in [0.5, 0.6) is 5.88 Å². The second-order valence-corrected chi connectivity index (χ2v) is 15.6. The van der Waals surface area contributed by atoms with Crippen molar-refractivity contribution >= 4 is 38.6 Å². The van der Waals surface area contributed by atoms with Crippen molar-refractivity contribution in [2.24, 2.45) is 17.8 Å². The fourth-order valence-corrected chi connectivity index (χ4v) is 8.37. The zero-order valence-electron chi connectivity index (χ0n) is 27.2. The molecular formula is C36H38N6O6S. The van der Waals surface area contributed by atoms with Gasteiger partial charge in [-0.05, 0) is 87.8 Å². The van der Waals surface area contributed by atoms with Crippen LogP contribution in [0.1, 0.15) is 56.9 Å². The molecule has 5 atom stereocenters. The van der Waals surface area contributed by atoms with Gasteiger partial charge in [0.1, 0.15) is 11.6 Å². The highest BCUT2D eigenvalue weighted by atomic mass is 32.2. The summed E-state index contributed by atoms with van der Waals surface area (Å²) in [7, 11) is -2.09. The molecule has 1 aromatic heterocycles. The number of aromatic nitrogens is 2. The third-order valence-electron chi connectivity index (χ3n) is 10.1. The number of amides is 3. The van der Waals surface area contributed by atoms with Gasteiger partial charge in [-0.25, -0.2) is 13.4 Å². The van der Waals surface area contributed by atoms with E-state index in [2.05, 4.69) is 16.1 Å². The number of sulfonamides is 1. The third kappa shape index (κ3) is 6.62. The average Bonchev–Trinajstić information content (AvgIpc) is 4.02. The van der Waals surface area contributed by atoms with Gasteiger partial charge in [-0.15, -0.1) is 0 Å². The molecule has 0 unspecified atom stereocenters. The number of para-hydroxylation sites is 1. The molecule has 1 aliphatic heterocycles. The van der Waals surface area contributed by atoms with E-state index >= 15 is 0 Å². The lowest BCUT2D eigenvalue weighted by Gasteiger charge is -2.26. The zero-order chi connectivity index (χ0) is 34.3. The van der Waals surface area contributed by atoms with Crippen LogP contribution < -0.4 is 14.8 Å². The Morgan fingerprint density at radius 1 is 1.06 bits per heavy atom. The third-order valence-corrected chi connectivity index (χ3v) is 11.9. The van der Waals surface area contributed by atoms with Gasteiger partial charge in [-0.2, -0.15) is 10.2 Å². The molecule has 254 valence electrons. The predicted molar refractivity (Wildman–Crippen MR) is 180 cm³/mol. The minimum absolute atomic E-state index is 0.174. The molecule has 3 fully saturated rings. The van der Waals surface area contributed by atoms with Crippen molar-refractivity contribution < 1.29 is 27.5 Å². The van der Waals surface area contributed by atoms with Gasteiger partial charge in [0, 0.05) is 25.1 Å². The summed E-state index contributed by atoms with van der Waals surface area (Å²) in [5.41, 5.74) is 0.456. The first-order chi connectivity index (χ1) is 23.6. The van der Waals surface area contributed by atoms with E-state index in [9.17, 15) is 28.1 Å². The van der Waals surface area contributed by atoms with E-state index in [1.54, 1.807) is 36.2 Å². The molecule has 12 nitrogen and oxygen atoms in total. The van der Waals surface area contributed by atoms with Gasteiger partial charge in [0.15, 0.2) is 5.82 Å². The first kappa shape index (κ1) is 32.7. The van der Waals surface area contributed by atoms with Gasteiger partial charge >= 0.3 is 0 Å². The van der Waals surface area contributed by atoms with Crippen LogP contribution in [-0.2, 0) is 24.4 Å². The van der Waals surface area contributed by atoms with Gasteiger partial charge in [-0.3, -0.25) is 19.1 Å². The highest BCUT2D eigenvalue weighted by Crippen LogP contribution is 2.47. The van der Waals surface area contributed by atoms with Crippen LogP contribution >= 0.6 is 0 Å². The van der Waals surface area contributed by atoms with Crippen LogP contribution in [0.25, 0.3) is 22.3 Å². The molecule has 2 heterocycles. The van der Waals surface area contributed by atoms with Crippen molar-refractivity contribution in [2.75, 3.05) is 13.6 Å². The van der Waals surface area contributed by atoms with Gasteiger partial charge in [0.25, 0.3) is 5.91 Å². The number of nitrogens with zero attached hydrogens (tertiary/aromatic N) is 4. The molecule has 0 radical (unpaired) electrons. The van der Waals surface area contributed by atoms with Crippen LogP contribution in [0, 0.1) is 29.1 Å². The quantitative estimate of drug-likeness (QED) is 0.369. The summed E-state index contributed by atoms with van der Waals surface area (Å²) in [5.74, 6) is -2.55. The number of ether oxygens (including phenoxy) is 1. The van der Waals surface area contributed by atoms with Crippen LogP contribution in [0.15, 0.2) is 60.7 Å². The summed E-state index contributed by atoms with van der Waals surface area (Å²) in [4.78, 5) is 52.7. The number of hydrogen-bond donors (Lipinski definition) is 2.